The zero-order chi connectivity index (χ0) is 16.8. The molecule has 0 spiro atoms. The van der Waals surface area contributed by atoms with Gasteiger partial charge in [-0.2, -0.15) is 0 Å². The topological polar surface area (TPSA) is 55.4 Å². The summed E-state index contributed by atoms with van der Waals surface area (Å²) >= 11 is 2.23. The van der Waals surface area contributed by atoms with Gasteiger partial charge in [0.15, 0.2) is 0 Å². The van der Waals surface area contributed by atoms with Crippen LogP contribution in [0.5, 0.6) is 0 Å². The Labute approximate surface area is 148 Å². The molecule has 0 aliphatic rings. The number of halogens is 1. The van der Waals surface area contributed by atoms with Crippen molar-refractivity contribution >= 4 is 45.7 Å². The van der Waals surface area contributed by atoms with Crippen LogP contribution < -0.4 is 5.32 Å². The van der Waals surface area contributed by atoms with Crippen LogP contribution in [0.25, 0.3) is 5.57 Å². The molecule has 0 radical (unpaired) electrons. The molecule has 1 N–H and O–H groups in total. The second kappa shape index (κ2) is 7.92. The van der Waals surface area contributed by atoms with Crippen molar-refractivity contribution in [1.29, 1.82) is 0 Å². The number of amides is 1. The number of allylic oxidation sites excluding steroid dienone is 1. The highest BCUT2D eigenvalue weighted by Gasteiger charge is 2.12. The number of hydrogen-bond acceptors (Lipinski definition) is 3. The lowest BCUT2D eigenvalue weighted by atomic mass is 10.1. The van der Waals surface area contributed by atoms with Gasteiger partial charge in [-0.05, 0) is 64.9 Å². The summed E-state index contributed by atoms with van der Waals surface area (Å²) in [6.07, 6.45) is 1.51. The van der Waals surface area contributed by atoms with E-state index in [-0.39, 0.29) is 5.91 Å². The molecule has 2 aromatic rings. The van der Waals surface area contributed by atoms with E-state index < -0.39 is 5.97 Å². The molecular weight excluding hydrogens is 405 g/mol. The fourth-order valence-corrected chi connectivity index (χ4v) is 2.40. The van der Waals surface area contributed by atoms with Crippen LogP contribution in [0.2, 0.25) is 0 Å². The molecule has 1 amide bonds. The van der Waals surface area contributed by atoms with Crippen molar-refractivity contribution in [3.63, 3.8) is 0 Å². The average molecular weight is 421 g/mol. The third kappa shape index (κ3) is 4.66. The van der Waals surface area contributed by atoms with Crippen molar-refractivity contribution in [2.24, 2.45) is 0 Å². The maximum absolute atomic E-state index is 12.2. The van der Waals surface area contributed by atoms with E-state index in [1.165, 1.54) is 13.2 Å². The number of rotatable bonds is 4. The molecule has 0 aliphatic carbocycles. The van der Waals surface area contributed by atoms with Gasteiger partial charge < -0.3 is 10.1 Å². The minimum Gasteiger partial charge on any atom is -0.465 e. The highest BCUT2D eigenvalue weighted by Crippen LogP contribution is 2.18. The minimum atomic E-state index is -0.487. The second-order valence-electron chi connectivity index (χ2n) is 4.86. The van der Waals surface area contributed by atoms with Crippen molar-refractivity contribution in [3.05, 3.63) is 69.3 Å². The van der Waals surface area contributed by atoms with E-state index in [9.17, 15) is 9.59 Å². The van der Waals surface area contributed by atoms with E-state index in [0.717, 1.165) is 14.7 Å². The molecule has 0 atom stereocenters. The maximum atomic E-state index is 12.2. The minimum absolute atomic E-state index is 0.294. The summed E-state index contributed by atoms with van der Waals surface area (Å²) < 4.78 is 5.85. The summed E-state index contributed by atoms with van der Waals surface area (Å²) in [7, 11) is 1.31. The Hall–Kier alpha value is -2.15. The molecule has 0 fully saturated rings. The number of esters is 1. The molecular formula is C18H16INO3. The predicted octanol–water partition coefficient (Wildman–Crippen LogP) is 4.12. The van der Waals surface area contributed by atoms with Crippen molar-refractivity contribution in [2.75, 3.05) is 12.4 Å². The third-order valence-electron chi connectivity index (χ3n) is 3.24. The van der Waals surface area contributed by atoms with Crippen LogP contribution in [0.3, 0.4) is 0 Å². The molecule has 0 heterocycles. The van der Waals surface area contributed by atoms with Gasteiger partial charge in [-0.15, -0.1) is 0 Å². The van der Waals surface area contributed by atoms with Gasteiger partial charge in [-0.25, -0.2) is 4.79 Å². The van der Waals surface area contributed by atoms with E-state index >= 15 is 0 Å². The summed E-state index contributed by atoms with van der Waals surface area (Å²) in [6, 6.07) is 14.6. The molecule has 5 heteroatoms. The molecule has 2 aromatic carbocycles. The van der Waals surface area contributed by atoms with Crippen molar-refractivity contribution < 1.29 is 14.3 Å². The van der Waals surface area contributed by atoms with Crippen LogP contribution in [0.4, 0.5) is 5.69 Å². The van der Waals surface area contributed by atoms with Crippen LogP contribution in [0.15, 0.2) is 54.6 Å². The highest BCUT2D eigenvalue weighted by molar-refractivity contribution is 14.1. The fourth-order valence-electron chi connectivity index (χ4n) is 2.04. The van der Waals surface area contributed by atoms with Gasteiger partial charge in [0.2, 0.25) is 5.91 Å². The van der Waals surface area contributed by atoms with Crippen LogP contribution in [0, 0.1) is 3.57 Å². The summed E-state index contributed by atoms with van der Waals surface area (Å²) in [4.78, 5) is 23.9. The molecule has 2 rings (SSSR count). The number of methoxy groups -OCH3 is 1. The highest BCUT2D eigenvalue weighted by atomic mass is 127. The predicted molar refractivity (Wildman–Crippen MR) is 99.2 cm³/mol. The summed E-state index contributed by atoms with van der Waals surface area (Å²) in [5.74, 6) is -0.781. The van der Waals surface area contributed by atoms with Crippen LogP contribution >= 0.6 is 22.6 Å². The van der Waals surface area contributed by atoms with Crippen LogP contribution in [0.1, 0.15) is 22.8 Å². The molecule has 0 saturated carbocycles. The molecule has 118 valence electrons. The number of carbonyl (C=O) groups excluding carboxylic acids is 2. The lowest BCUT2D eigenvalue weighted by Crippen LogP contribution is -2.13. The quantitative estimate of drug-likeness (QED) is 0.459. The molecule has 0 unspecified atom stereocenters. The smallest absolute Gasteiger partial charge is 0.339 e. The summed E-state index contributed by atoms with van der Waals surface area (Å²) in [6.45, 7) is 1.87. The van der Waals surface area contributed by atoms with Crippen molar-refractivity contribution in [1.82, 2.24) is 0 Å². The number of ether oxygens (including phenoxy) is 1. The van der Waals surface area contributed by atoms with Crippen LogP contribution in [-0.2, 0) is 9.53 Å². The fraction of sp³-hybridized carbons (Fsp3) is 0.111. The molecule has 0 aromatic heterocycles. The molecule has 0 bridgehead atoms. The number of anilines is 1. The van der Waals surface area contributed by atoms with Crippen molar-refractivity contribution in [2.45, 2.75) is 6.92 Å². The molecule has 23 heavy (non-hydrogen) atoms. The summed E-state index contributed by atoms with van der Waals surface area (Å²) in [5, 5.41) is 2.72. The van der Waals surface area contributed by atoms with E-state index in [0.29, 0.717) is 11.3 Å². The molecule has 0 aliphatic heterocycles. The maximum Gasteiger partial charge on any atom is 0.339 e. The standard InChI is InChI=1S/C18H16INO3/c1-12(13-7-9-14(19)10-8-13)11-17(21)20-16-6-4-3-5-15(16)18(22)23-2/h3-11H,1-2H3,(H,20,21). The Morgan fingerprint density at radius 3 is 2.39 bits per heavy atom. The van der Waals surface area contributed by atoms with Crippen LogP contribution in [-0.4, -0.2) is 19.0 Å². The first-order valence-electron chi connectivity index (χ1n) is 6.94. The van der Waals surface area contributed by atoms with Gasteiger partial charge in [-0.1, -0.05) is 24.3 Å². The molecule has 4 nitrogen and oxygen atoms in total. The number of nitrogens with one attached hydrogen (secondary N) is 1. The van der Waals surface area contributed by atoms with Gasteiger partial charge in [0.25, 0.3) is 0 Å². The summed E-state index contributed by atoms with van der Waals surface area (Å²) in [5.41, 5.74) is 2.57. The van der Waals surface area contributed by atoms with Gasteiger partial charge in [0, 0.05) is 9.65 Å². The normalized spacial score (nSPS) is 11.0. The Balaban J connectivity index is 2.18. The van der Waals surface area contributed by atoms with Crippen molar-refractivity contribution in [3.8, 4) is 0 Å². The van der Waals surface area contributed by atoms with Gasteiger partial charge in [-0.3, -0.25) is 4.79 Å². The van der Waals surface area contributed by atoms with Gasteiger partial charge in [0.1, 0.15) is 0 Å². The Morgan fingerprint density at radius 2 is 1.74 bits per heavy atom. The first-order valence-corrected chi connectivity index (χ1v) is 8.01. The zero-order valence-corrected chi connectivity index (χ0v) is 15.0. The van der Waals surface area contributed by atoms with E-state index in [2.05, 4.69) is 27.9 Å². The Morgan fingerprint density at radius 1 is 1.09 bits per heavy atom. The third-order valence-corrected chi connectivity index (χ3v) is 3.96. The average Bonchev–Trinajstić information content (AvgIpc) is 2.55. The monoisotopic (exact) mass is 421 g/mol. The van der Waals surface area contributed by atoms with Gasteiger partial charge >= 0.3 is 5.97 Å². The Bertz CT molecular complexity index is 751. The van der Waals surface area contributed by atoms with E-state index in [1.807, 2.05) is 31.2 Å². The van der Waals surface area contributed by atoms with E-state index in [4.69, 9.17) is 4.74 Å². The number of benzene rings is 2. The zero-order valence-electron chi connectivity index (χ0n) is 12.8. The number of hydrogen-bond donors (Lipinski definition) is 1. The second-order valence-corrected chi connectivity index (χ2v) is 6.11. The lowest BCUT2D eigenvalue weighted by Gasteiger charge is -2.08. The van der Waals surface area contributed by atoms with Gasteiger partial charge in [0.05, 0.1) is 18.4 Å². The first-order chi connectivity index (χ1) is 11.0. The Kier molecular flexibility index (Phi) is 5.92. The number of para-hydroxylation sites is 1. The number of carbonyl (C=O) groups is 2. The lowest BCUT2D eigenvalue weighted by molar-refractivity contribution is -0.111. The van der Waals surface area contributed by atoms with E-state index in [1.54, 1.807) is 24.3 Å². The molecule has 0 saturated heterocycles. The first kappa shape index (κ1) is 17.2. The SMILES string of the molecule is COC(=O)c1ccccc1NC(=O)C=C(C)c1ccc(I)cc1. The largest absolute Gasteiger partial charge is 0.465 e.